The minimum atomic E-state index is -0.411. The van der Waals surface area contributed by atoms with Gasteiger partial charge in [-0.2, -0.15) is 5.26 Å². The summed E-state index contributed by atoms with van der Waals surface area (Å²) in [6.45, 7) is 14.2. The molecule has 4 heteroatoms. The first-order valence-corrected chi connectivity index (χ1v) is 9.10. The molecular formula is C22H26BNO2. The first kappa shape index (κ1) is 18.7. The second-order valence-electron chi connectivity index (χ2n) is 8.07. The zero-order valence-corrected chi connectivity index (χ0v) is 16.3. The molecule has 1 aliphatic heterocycles. The Balaban J connectivity index is 2.16. The molecule has 2 aromatic rings. The van der Waals surface area contributed by atoms with E-state index >= 15 is 0 Å². The molecule has 1 saturated heterocycles. The number of rotatable bonds is 4. The highest BCUT2D eigenvalue weighted by Gasteiger charge is 2.54. The molecule has 3 nitrogen and oxygen atoms in total. The van der Waals surface area contributed by atoms with Crippen LogP contribution < -0.4 is 0 Å². The van der Waals surface area contributed by atoms with Gasteiger partial charge in [0.05, 0.1) is 16.8 Å². The van der Waals surface area contributed by atoms with Gasteiger partial charge in [0.2, 0.25) is 0 Å². The molecular weight excluding hydrogens is 321 g/mol. The van der Waals surface area contributed by atoms with E-state index in [9.17, 15) is 5.26 Å². The molecule has 2 aromatic carbocycles. The molecule has 0 radical (unpaired) electrons. The van der Waals surface area contributed by atoms with Crippen LogP contribution in [0.15, 0.2) is 43.0 Å². The maximum atomic E-state index is 9.92. The predicted octanol–water partition coefficient (Wildman–Crippen LogP) is 5.31. The van der Waals surface area contributed by atoms with E-state index < -0.39 is 18.3 Å². The first-order chi connectivity index (χ1) is 12.2. The summed E-state index contributed by atoms with van der Waals surface area (Å²) in [5.41, 5.74) is 2.01. The molecule has 0 spiro atoms. The minimum absolute atomic E-state index is 0.0773. The second kappa shape index (κ2) is 6.57. The van der Waals surface area contributed by atoms with Gasteiger partial charge in [0.1, 0.15) is 6.07 Å². The summed E-state index contributed by atoms with van der Waals surface area (Å²) in [4.78, 5) is 0. The molecule has 3 rings (SSSR count). The average molecular weight is 347 g/mol. The fourth-order valence-electron chi connectivity index (χ4n) is 3.62. The van der Waals surface area contributed by atoms with Gasteiger partial charge in [-0.1, -0.05) is 36.4 Å². The van der Waals surface area contributed by atoms with E-state index in [-0.39, 0.29) is 5.82 Å². The second-order valence-corrected chi connectivity index (χ2v) is 8.07. The smallest absolute Gasteiger partial charge is 0.403 e. The lowest BCUT2D eigenvalue weighted by molar-refractivity contribution is 0.00578. The molecule has 1 fully saturated rings. The van der Waals surface area contributed by atoms with Crippen molar-refractivity contribution in [3.63, 3.8) is 0 Å². The Morgan fingerprint density at radius 1 is 1.15 bits per heavy atom. The summed E-state index contributed by atoms with van der Waals surface area (Å²) in [5, 5.41) is 12.0. The van der Waals surface area contributed by atoms with Crippen molar-refractivity contribution in [1.82, 2.24) is 0 Å². The van der Waals surface area contributed by atoms with Crippen molar-refractivity contribution in [2.45, 2.75) is 58.1 Å². The summed E-state index contributed by atoms with van der Waals surface area (Å²) in [7, 11) is -0.411. The van der Waals surface area contributed by atoms with Gasteiger partial charge < -0.3 is 9.31 Å². The van der Waals surface area contributed by atoms with E-state index in [2.05, 4.69) is 59.4 Å². The van der Waals surface area contributed by atoms with E-state index in [1.165, 1.54) is 0 Å². The number of aryl methyl sites for hydroxylation is 1. The number of hydrogen-bond donors (Lipinski definition) is 0. The van der Waals surface area contributed by atoms with Crippen LogP contribution in [0.3, 0.4) is 0 Å². The fraction of sp³-hybridized carbons (Fsp3) is 0.409. The van der Waals surface area contributed by atoms with Crippen molar-refractivity contribution in [3.8, 4) is 6.07 Å². The molecule has 26 heavy (non-hydrogen) atoms. The molecule has 134 valence electrons. The number of nitrogens with zero attached hydrogens (tertiary/aromatic N) is 1. The van der Waals surface area contributed by atoms with Crippen molar-refractivity contribution >= 4 is 17.9 Å². The van der Waals surface area contributed by atoms with Crippen LogP contribution in [-0.4, -0.2) is 18.3 Å². The lowest BCUT2D eigenvalue weighted by atomic mass is 9.64. The van der Waals surface area contributed by atoms with Crippen molar-refractivity contribution in [3.05, 3.63) is 59.7 Å². The van der Waals surface area contributed by atoms with Crippen LogP contribution in [0.2, 0.25) is 0 Å². The highest BCUT2D eigenvalue weighted by Crippen LogP contribution is 2.43. The van der Waals surface area contributed by atoms with Gasteiger partial charge in [0.25, 0.3) is 0 Å². The van der Waals surface area contributed by atoms with Crippen molar-refractivity contribution in [1.29, 1.82) is 5.26 Å². The van der Waals surface area contributed by atoms with Crippen LogP contribution >= 0.6 is 0 Å². The Morgan fingerprint density at radius 3 is 2.27 bits per heavy atom. The minimum Gasteiger partial charge on any atom is -0.403 e. The molecule has 1 unspecified atom stereocenters. The zero-order chi connectivity index (χ0) is 19.1. The van der Waals surface area contributed by atoms with Gasteiger partial charge in [-0.3, -0.25) is 0 Å². The Kier molecular flexibility index (Phi) is 4.73. The van der Waals surface area contributed by atoms with E-state index in [4.69, 9.17) is 9.31 Å². The van der Waals surface area contributed by atoms with Gasteiger partial charge >= 0.3 is 7.12 Å². The van der Waals surface area contributed by atoms with E-state index in [0.717, 1.165) is 21.9 Å². The summed E-state index contributed by atoms with van der Waals surface area (Å²) >= 11 is 0. The number of benzene rings is 2. The largest absolute Gasteiger partial charge is 0.466 e. The topological polar surface area (TPSA) is 42.2 Å². The van der Waals surface area contributed by atoms with Crippen molar-refractivity contribution < 1.29 is 9.31 Å². The molecule has 0 bridgehead atoms. The zero-order valence-electron chi connectivity index (χ0n) is 16.3. The molecule has 1 heterocycles. The molecule has 0 amide bonds. The SMILES string of the molecule is C=CCC(B1OC(C)(C)C(C)(C)O1)c1cc(C)c2ccccc2c1C#N. The predicted molar refractivity (Wildman–Crippen MR) is 107 cm³/mol. The summed E-state index contributed by atoms with van der Waals surface area (Å²) in [6, 6.07) is 12.6. The van der Waals surface area contributed by atoms with Gasteiger partial charge in [-0.15, -0.1) is 6.58 Å². The number of hydrogen-bond acceptors (Lipinski definition) is 3. The van der Waals surface area contributed by atoms with E-state index in [1.807, 2.05) is 24.3 Å². The normalized spacial score (nSPS) is 19.3. The van der Waals surface area contributed by atoms with E-state index in [1.54, 1.807) is 0 Å². The lowest BCUT2D eigenvalue weighted by Gasteiger charge is -2.32. The van der Waals surface area contributed by atoms with Crippen molar-refractivity contribution in [2.24, 2.45) is 0 Å². The molecule has 0 N–H and O–H groups in total. The van der Waals surface area contributed by atoms with Crippen LogP contribution in [-0.2, 0) is 9.31 Å². The molecule has 1 atom stereocenters. The number of fused-ring (bicyclic) bond motifs is 1. The third-order valence-electron chi connectivity index (χ3n) is 5.81. The Bertz CT molecular complexity index is 879. The highest BCUT2D eigenvalue weighted by atomic mass is 16.7. The molecule has 0 saturated carbocycles. The van der Waals surface area contributed by atoms with Gasteiger partial charge in [0.15, 0.2) is 0 Å². The van der Waals surface area contributed by atoms with Gasteiger partial charge in [0, 0.05) is 5.82 Å². The monoisotopic (exact) mass is 347 g/mol. The first-order valence-electron chi connectivity index (χ1n) is 9.10. The maximum Gasteiger partial charge on any atom is 0.466 e. The van der Waals surface area contributed by atoms with Crippen molar-refractivity contribution in [2.75, 3.05) is 0 Å². The Labute approximate surface area is 156 Å². The molecule has 0 aromatic heterocycles. The molecule has 0 aliphatic carbocycles. The Morgan fingerprint density at radius 2 is 1.73 bits per heavy atom. The lowest BCUT2D eigenvalue weighted by Crippen LogP contribution is -2.41. The third kappa shape index (κ3) is 2.96. The number of nitriles is 1. The highest BCUT2D eigenvalue weighted by molar-refractivity contribution is 6.47. The van der Waals surface area contributed by atoms with Crippen LogP contribution in [0.5, 0.6) is 0 Å². The Hall–Kier alpha value is -2.09. The summed E-state index contributed by atoms with van der Waals surface area (Å²) in [5.74, 6) is -0.0773. The summed E-state index contributed by atoms with van der Waals surface area (Å²) < 4.78 is 12.6. The fourth-order valence-corrected chi connectivity index (χ4v) is 3.62. The quantitative estimate of drug-likeness (QED) is 0.556. The maximum absolute atomic E-state index is 9.92. The van der Waals surface area contributed by atoms with Crippen LogP contribution in [0.1, 0.15) is 56.6 Å². The van der Waals surface area contributed by atoms with Crippen LogP contribution in [0.25, 0.3) is 10.8 Å². The summed E-state index contributed by atoms with van der Waals surface area (Å²) in [6.07, 6.45) is 2.56. The third-order valence-corrected chi connectivity index (χ3v) is 5.81. The molecule has 1 aliphatic rings. The van der Waals surface area contributed by atoms with E-state index in [0.29, 0.717) is 12.0 Å². The number of allylic oxidation sites excluding steroid dienone is 1. The van der Waals surface area contributed by atoms with Crippen LogP contribution in [0, 0.1) is 18.3 Å². The van der Waals surface area contributed by atoms with Gasteiger partial charge in [-0.05, 0) is 62.9 Å². The van der Waals surface area contributed by atoms with Crippen LogP contribution in [0.4, 0.5) is 0 Å². The average Bonchev–Trinajstić information content (AvgIpc) is 2.80. The van der Waals surface area contributed by atoms with Gasteiger partial charge in [-0.25, -0.2) is 0 Å². The standard InChI is InChI=1S/C22H26BNO2/c1-7-10-20(23-25-21(3,4)22(5,6)26-23)18-13-15(2)16-11-8-9-12-17(16)19(18)14-24/h7-9,11-13,20H,1,10H2,2-6H3.